The summed E-state index contributed by atoms with van der Waals surface area (Å²) in [5.41, 5.74) is 0. The van der Waals surface area contributed by atoms with Gasteiger partial charge < -0.3 is 4.42 Å². The summed E-state index contributed by atoms with van der Waals surface area (Å²) in [6.07, 6.45) is 4.31. The summed E-state index contributed by atoms with van der Waals surface area (Å²) in [7, 11) is 0. The number of hydrogen-bond acceptors (Lipinski definition) is 2. The minimum absolute atomic E-state index is 0.153. The summed E-state index contributed by atoms with van der Waals surface area (Å²) in [5.74, 6) is 2.31. The van der Waals surface area contributed by atoms with Gasteiger partial charge in [-0.3, -0.25) is 4.79 Å². The van der Waals surface area contributed by atoms with Crippen molar-refractivity contribution in [2.45, 2.75) is 32.6 Å². The smallest absolute Gasteiger partial charge is 0.198 e. The van der Waals surface area contributed by atoms with Gasteiger partial charge in [-0.2, -0.15) is 0 Å². The lowest BCUT2D eigenvalue weighted by Crippen LogP contribution is -1.97. The lowest BCUT2D eigenvalue weighted by atomic mass is 10.1. The Morgan fingerprint density at radius 2 is 2.31 bits per heavy atom. The van der Waals surface area contributed by atoms with Gasteiger partial charge in [0.25, 0.3) is 0 Å². The number of ketones is 1. The fraction of sp³-hybridized carbons (Fsp3) is 0.545. The lowest BCUT2D eigenvalue weighted by Gasteiger charge is -1.95. The van der Waals surface area contributed by atoms with Gasteiger partial charge in [0.1, 0.15) is 5.76 Å². The van der Waals surface area contributed by atoms with Crippen molar-refractivity contribution < 1.29 is 9.21 Å². The van der Waals surface area contributed by atoms with Gasteiger partial charge in [-0.05, 0) is 31.4 Å². The molecule has 1 aliphatic carbocycles. The highest BCUT2D eigenvalue weighted by Gasteiger charge is 2.22. The van der Waals surface area contributed by atoms with Crippen LogP contribution in [0.15, 0.2) is 16.5 Å². The summed E-state index contributed by atoms with van der Waals surface area (Å²) >= 11 is 0. The van der Waals surface area contributed by atoms with Crippen LogP contribution in [0, 0.1) is 12.8 Å². The minimum atomic E-state index is 0.153. The van der Waals surface area contributed by atoms with Crippen LogP contribution in [0.25, 0.3) is 0 Å². The summed E-state index contributed by atoms with van der Waals surface area (Å²) in [6.45, 7) is 1.86. The molecule has 2 heteroatoms. The summed E-state index contributed by atoms with van der Waals surface area (Å²) < 4.78 is 5.25. The largest absolute Gasteiger partial charge is 0.458 e. The van der Waals surface area contributed by atoms with Crippen LogP contribution in [-0.4, -0.2) is 5.78 Å². The van der Waals surface area contributed by atoms with Crippen LogP contribution >= 0.6 is 0 Å². The number of carbonyl (C=O) groups excluding carboxylic acids is 1. The average Bonchev–Trinajstić information content (AvgIpc) is 2.84. The molecule has 2 nitrogen and oxygen atoms in total. The highest BCUT2D eigenvalue weighted by molar-refractivity contribution is 5.93. The molecule has 13 heavy (non-hydrogen) atoms. The molecule has 0 atom stereocenters. The Morgan fingerprint density at radius 1 is 1.54 bits per heavy atom. The maximum atomic E-state index is 11.5. The van der Waals surface area contributed by atoms with Crippen LogP contribution in [0.2, 0.25) is 0 Å². The van der Waals surface area contributed by atoms with E-state index in [2.05, 4.69) is 0 Å². The predicted octanol–water partition coefficient (Wildman–Crippen LogP) is 2.96. The molecule has 0 aliphatic heterocycles. The maximum Gasteiger partial charge on any atom is 0.198 e. The second kappa shape index (κ2) is 3.36. The molecule has 0 bridgehead atoms. The van der Waals surface area contributed by atoms with Crippen molar-refractivity contribution in [1.29, 1.82) is 0 Å². The first kappa shape index (κ1) is 8.54. The van der Waals surface area contributed by atoms with Crippen molar-refractivity contribution in [3.63, 3.8) is 0 Å². The summed E-state index contributed by atoms with van der Waals surface area (Å²) in [6, 6.07) is 3.61. The predicted molar refractivity (Wildman–Crippen MR) is 49.7 cm³/mol. The Morgan fingerprint density at radius 3 is 2.85 bits per heavy atom. The molecular formula is C11H14O2. The zero-order chi connectivity index (χ0) is 9.26. The molecular weight excluding hydrogens is 164 g/mol. The van der Waals surface area contributed by atoms with E-state index in [1.54, 1.807) is 6.07 Å². The number of furan rings is 1. The van der Waals surface area contributed by atoms with Crippen LogP contribution < -0.4 is 0 Å². The van der Waals surface area contributed by atoms with E-state index in [4.69, 9.17) is 4.42 Å². The van der Waals surface area contributed by atoms with E-state index in [1.165, 1.54) is 12.8 Å². The van der Waals surface area contributed by atoms with Gasteiger partial charge in [0.15, 0.2) is 11.5 Å². The minimum Gasteiger partial charge on any atom is -0.458 e. The third-order valence-corrected chi connectivity index (χ3v) is 2.49. The third-order valence-electron chi connectivity index (χ3n) is 2.49. The van der Waals surface area contributed by atoms with Crippen molar-refractivity contribution in [2.75, 3.05) is 0 Å². The second-order valence-electron chi connectivity index (χ2n) is 3.82. The molecule has 1 aliphatic rings. The highest BCUT2D eigenvalue weighted by atomic mass is 16.3. The van der Waals surface area contributed by atoms with Crippen molar-refractivity contribution in [3.05, 3.63) is 23.7 Å². The summed E-state index contributed by atoms with van der Waals surface area (Å²) in [5, 5.41) is 0. The topological polar surface area (TPSA) is 30.2 Å². The molecule has 0 aromatic carbocycles. The zero-order valence-corrected chi connectivity index (χ0v) is 7.88. The molecule has 1 heterocycles. The number of hydrogen-bond donors (Lipinski definition) is 0. The maximum absolute atomic E-state index is 11.5. The molecule has 1 saturated carbocycles. The molecule has 0 radical (unpaired) electrons. The monoisotopic (exact) mass is 178 g/mol. The average molecular weight is 178 g/mol. The van der Waals surface area contributed by atoms with E-state index >= 15 is 0 Å². The molecule has 0 N–H and O–H groups in total. The van der Waals surface area contributed by atoms with Crippen molar-refractivity contribution >= 4 is 5.78 Å². The molecule has 1 fully saturated rings. The molecule has 0 saturated heterocycles. The fourth-order valence-corrected chi connectivity index (χ4v) is 1.45. The standard InChI is InChI=1S/C11H14O2/c1-8-2-7-11(13-8)10(12)6-5-9-3-4-9/h2,7,9H,3-6H2,1H3. The summed E-state index contributed by atoms with van der Waals surface area (Å²) in [4.78, 5) is 11.5. The van der Waals surface area contributed by atoms with Crippen molar-refractivity contribution in [1.82, 2.24) is 0 Å². The van der Waals surface area contributed by atoms with E-state index in [0.717, 1.165) is 18.1 Å². The SMILES string of the molecule is Cc1ccc(C(=O)CCC2CC2)o1. The van der Waals surface area contributed by atoms with Gasteiger partial charge >= 0.3 is 0 Å². The number of carbonyl (C=O) groups is 1. The Kier molecular flexibility index (Phi) is 2.21. The van der Waals surface area contributed by atoms with Crippen LogP contribution in [0.3, 0.4) is 0 Å². The van der Waals surface area contributed by atoms with Crippen LogP contribution in [0.5, 0.6) is 0 Å². The zero-order valence-electron chi connectivity index (χ0n) is 7.88. The van der Waals surface area contributed by atoms with E-state index in [9.17, 15) is 4.79 Å². The van der Waals surface area contributed by atoms with E-state index in [0.29, 0.717) is 12.2 Å². The van der Waals surface area contributed by atoms with Gasteiger partial charge in [-0.25, -0.2) is 0 Å². The van der Waals surface area contributed by atoms with Gasteiger partial charge in [0, 0.05) is 6.42 Å². The van der Waals surface area contributed by atoms with Gasteiger partial charge in [0.2, 0.25) is 0 Å². The first-order valence-corrected chi connectivity index (χ1v) is 4.85. The van der Waals surface area contributed by atoms with Crippen LogP contribution in [0.1, 0.15) is 42.0 Å². The quantitative estimate of drug-likeness (QED) is 0.663. The highest BCUT2D eigenvalue weighted by Crippen LogP contribution is 2.33. The van der Waals surface area contributed by atoms with Gasteiger partial charge in [-0.1, -0.05) is 12.8 Å². The lowest BCUT2D eigenvalue weighted by molar-refractivity contribution is 0.0950. The molecule has 1 aromatic heterocycles. The number of Topliss-reactive ketones (excluding diaryl/α,β-unsaturated/α-hetero) is 1. The first-order valence-electron chi connectivity index (χ1n) is 4.85. The first-order chi connectivity index (χ1) is 6.25. The Hall–Kier alpha value is -1.05. The molecule has 0 spiro atoms. The van der Waals surface area contributed by atoms with E-state index in [1.807, 2.05) is 13.0 Å². The fourth-order valence-electron chi connectivity index (χ4n) is 1.45. The Balaban J connectivity index is 1.88. The van der Waals surface area contributed by atoms with Crippen molar-refractivity contribution in [2.24, 2.45) is 5.92 Å². The molecule has 1 aromatic rings. The molecule has 0 unspecified atom stereocenters. The Labute approximate surface area is 77.9 Å². The number of aryl methyl sites for hydroxylation is 1. The normalized spacial score (nSPS) is 16.1. The van der Waals surface area contributed by atoms with Crippen LogP contribution in [-0.2, 0) is 0 Å². The van der Waals surface area contributed by atoms with Gasteiger partial charge in [0.05, 0.1) is 0 Å². The van der Waals surface area contributed by atoms with Crippen molar-refractivity contribution in [3.8, 4) is 0 Å². The second-order valence-corrected chi connectivity index (χ2v) is 3.82. The number of rotatable bonds is 4. The molecule has 2 rings (SSSR count). The van der Waals surface area contributed by atoms with Gasteiger partial charge in [-0.15, -0.1) is 0 Å². The van der Waals surface area contributed by atoms with E-state index in [-0.39, 0.29) is 5.78 Å². The van der Waals surface area contributed by atoms with E-state index < -0.39 is 0 Å². The Bertz CT molecular complexity index is 308. The van der Waals surface area contributed by atoms with Crippen LogP contribution in [0.4, 0.5) is 0 Å². The molecule has 70 valence electrons. The molecule has 0 amide bonds. The third kappa shape index (κ3) is 2.20.